The van der Waals surface area contributed by atoms with E-state index in [0.29, 0.717) is 27.0 Å². The Hall–Kier alpha value is -6.61. The molecule has 5 aliphatic heterocycles. The zero-order valence-corrected chi connectivity index (χ0v) is 39.3. The smallest absolute Gasteiger partial charge is 0.352 e. The number of β-lactam (4-membered cyclic amide) rings is 2. The molecule has 8 amide bonds. The molecule has 0 saturated carbocycles. The average molecular weight is 1020 g/mol. The van der Waals surface area contributed by atoms with E-state index >= 15 is 0 Å². The number of piperazine rings is 1. The van der Waals surface area contributed by atoms with Gasteiger partial charge in [0.05, 0.1) is 6.10 Å². The number of carbonyl (C=O) groups excluding carboxylic acids is 7. The molecule has 0 aromatic carbocycles. The minimum atomic E-state index is -2.01. The molecule has 5 aliphatic rings. The number of hydrogen-bond donors (Lipinski definition) is 8. The van der Waals surface area contributed by atoms with E-state index < -0.39 is 88.1 Å². The predicted octanol–water partition coefficient (Wildman–Crippen LogP) is -3.01. The van der Waals surface area contributed by atoms with Gasteiger partial charge in [0.15, 0.2) is 10.8 Å². The Kier molecular flexibility index (Phi) is 15.5. The predicted molar refractivity (Wildman–Crippen MR) is 238 cm³/mol. The maximum absolute atomic E-state index is 13.4. The number of methoxy groups -OCH3 is 1. The highest BCUT2D eigenvalue weighted by atomic mass is 32.2. The number of nitrogen functional groups attached to an aromatic ring is 1. The lowest BCUT2D eigenvalue weighted by Crippen LogP contribution is -2.81. The number of amides is 8. The molecule has 28 nitrogen and oxygen atoms in total. The quantitative estimate of drug-likeness (QED) is 0.0168. The summed E-state index contributed by atoms with van der Waals surface area (Å²) in [6, 6.07) is -3.68. The van der Waals surface area contributed by atoms with Crippen molar-refractivity contribution in [2.75, 3.05) is 49.7 Å². The van der Waals surface area contributed by atoms with Crippen molar-refractivity contribution >= 4 is 111 Å². The fraction of sp³-hybridized carbons (Fsp3) is 0.444. The van der Waals surface area contributed by atoms with Gasteiger partial charge < -0.3 is 51.8 Å². The highest BCUT2D eigenvalue weighted by molar-refractivity contribution is 8.01. The number of carboxylic acid groups (broad SMARTS) is 2. The van der Waals surface area contributed by atoms with Gasteiger partial charge >= 0.3 is 29.8 Å². The molecule has 9 N–H and O–H groups in total. The van der Waals surface area contributed by atoms with E-state index in [2.05, 4.69) is 48.2 Å². The second kappa shape index (κ2) is 20.7. The first kappa shape index (κ1) is 50.8. The summed E-state index contributed by atoms with van der Waals surface area (Å²) in [4.78, 5) is 120. The van der Waals surface area contributed by atoms with E-state index in [9.17, 15) is 58.5 Å². The van der Waals surface area contributed by atoms with Crippen LogP contribution in [0.25, 0.3) is 0 Å². The third-order valence-corrected chi connectivity index (χ3v) is 15.1. The highest BCUT2D eigenvalue weighted by Gasteiger charge is 2.67. The normalized spacial score (nSPS) is 23.3. The summed E-state index contributed by atoms with van der Waals surface area (Å²) < 4.78 is 6.84. The lowest BCUT2D eigenvalue weighted by Gasteiger charge is -2.56. The SMILES string of the molecule is C=CC1=C(C(=O)O)N2C(=O)[C@@H](NC(=O)/C(=N\O)c3csc(N)n3)[C@H]2SC1.CCN1CCN(C(=O)N[C@@H](C(=O)N[C@]2(OC)C(=O)N3C(C(=O)O)=C(CSc4nnnn4C)CS[C@@H]32)[C@H](C)O)C(=O)C1=O. The largest absolute Gasteiger partial charge is 0.477 e. The van der Waals surface area contributed by atoms with E-state index in [-0.39, 0.29) is 59.1 Å². The van der Waals surface area contributed by atoms with Crippen LogP contribution in [0.1, 0.15) is 19.5 Å². The number of thioether (sulfide) groups is 3. The number of tetrazole rings is 1. The maximum Gasteiger partial charge on any atom is 0.352 e. The molecule has 0 unspecified atom stereocenters. The van der Waals surface area contributed by atoms with Crippen LogP contribution < -0.4 is 21.7 Å². The number of carboxylic acids is 2. The number of thiazole rings is 1. The van der Waals surface area contributed by atoms with E-state index in [1.807, 2.05) is 0 Å². The monoisotopic (exact) mass is 1020 g/mol. The molecule has 3 fully saturated rings. The van der Waals surface area contributed by atoms with E-state index in [1.165, 1.54) is 51.5 Å². The van der Waals surface area contributed by atoms with Gasteiger partial charge in [-0.2, -0.15) is 0 Å². The number of ether oxygens (including phenoxy) is 1. The summed E-state index contributed by atoms with van der Waals surface area (Å²) in [5.74, 6) is -7.14. The van der Waals surface area contributed by atoms with Gasteiger partial charge in [0.2, 0.25) is 11.1 Å². The Labute approximate surface area is 400 Å². The molecule has 32 heteroatoms. The van der Waals surface area contributed by atoms with Crippen molar-refractivity contribution in [3.8, 4) is 0 Å². The molecule has 6 atom stereocenters. The number of urea groups is 1. The number of aliphatic carboxylic acids is 2. The van der Waals surface area contributed by atoms with Crippen LogP contribution in [0.5, 0.6) is 0 Å². The summed E-state index contributed by atoms with van der Waals surface area (Å²) in [6.45, 7) is 6.71. The van der Waals surface area contributed by atoms with Crippen molar-refractivity contribution in [2.45, 2.75) is 53.7 Å². The minimum absolute atomic E-state index is 0.0764. The second-order valence-corrected chi connectivity index (χ2v) is 18.7. The van der Waals surface area contributed by atoms with Gasteiger partial charge in [0.25, 0.3) is 23.4 Å². The van der Waals surface area contributed by atoms with Gasteiger partial charge in [-0.15, -0.1) is 40.0 Å². The Balaban J connectivity index is 0.000000250. The zero-order valence-electron chi connectivity index (χ0n) is 36.0. The molecule has 364 valence electrons. The van der Waals surface area contributed by atoms with Crippen LogP contribution >= 0.6 is 46.6 Å². The number of aliphatic hydroxyl groups excluding tert-OH is 1. The van der Waals surface area contributed by atoms with Crippen LogP contribution in [0.4, 0.5) is 9.93 Å². The van der Waals surface area contributed by atoms with Crippen molar-refractivity contribution in [2.24, 2.45) is 12.2 Å². The number of oxime groups is 1. The maximum atomic E-state index is 13.4. The summed E-state index contributed by atoms with van der Waals surface area (Å²) in [5.41, 5.74) is 3.65. The molecule has 7 rings (SSSR count). The Morgan fingerprint density at radius 3 is 2.35 bits per heavy atom. The number of aromatic nitrogens is 5. The number of carbonyl (C=O) groups is 9. The summed E-state index contributed by atoms with van der Waals surface area (Å²) >= 11 is 4.70. The van der Waals surface area contributed by atoms with Crippen molar-refractivity contribution in [3.63, 3.8) is 0 Å². The highest BCUT2D eigenvalue weighted by Crippen LogP contribution is 2.47. The molecule has 0 bridgehead atoms. The molecule has 7 heterocycles. The standard InChI is InChI=1S/C22H29N9O9S2.C14H13N5O5S2/c1-5-29-6-7-30(16(35)15(29)34)20(39)23-12(10(2)32)14(33)24-22(40-4)18(38)31-13(17(36)37)11(8-41-19(22)31)9-42-21-25-26-27-28(21)3;1-2-5-3-25-12-8(11(21)19(12)9(5)13(22)23)17-10(20)7(18-24)6-4-26-14(15)16-6/h10,12,19,32H,5-9H2,1-4H3,(H,23,39)(H,24,33)(H,36,37);2,4,8,12,24H,1,3H2,(H2,15,16)(H,17,20)(H,22,23)/b;18-7-/t10-,12+,19+,22-;8-,12-/m01/s1. The number of aryl methyl sites for hydroxylation is 1. The number of allylic oxidation sites excluding steroid dienone is 1. The average Bonchev–Trinajstić information content (AvgIpc) is 3.94. The topological polar surface area (TPSA) is 388 Å². The number of nitrogens with one attached hydrogen (secondary N) is 3. The van der Waals surface area contributed by atoms with E-state index in [4.69, 9.17) is 15.7 Å². The summed E-state index contributed by atoms with van der Waals surface area (Å²) in [5, 5.41) is 60.4. The molecule has 0 radical (unpaired) electrons. The molecule has 0 spiro atoms. The number of hydrogen-bond acceptors (Lipinski definition) is 22. The Morgan fingerprint density at radius 1 is 1.09 bits per heavy atom. The Bertz CT molecular complexity index is 2560. The van der Waals surface area contributed by atoms with Gasteiger partial charge in [-0.25, -0.2) is 24.0 Å². The number of nitrogens with zero attached hydrogens (tertiary/aromatic N) is 10. The lowest BCUT2D eigenvalue weighted by atomic mass is 9.97. The van der Waals surface area contributed by atoms with Crippen LogP contribution in [0.15, 0.2) is 50.9 Å². The third-order valence-electron chi connectivity index (χ3n) is 10.7. The number of aliphatic hydroxyl groups is 1. The first-order valence-electron chi connectivity index (χ1n) is 19.8. The fourth-order valence-corrected chi connectivity index (χ4v) is 11.5. The first-order chi connectivity index (χ1) is 32.3. The summed E-state index contributed by atoms with van der Waals surface area (Å²) in [6.07, 6.45) is -0.0984. The van der Waals surface area contributed by atoms with Crippen molar-refractivity contribution in [1.82, 2.24) is 60.7 Å². The van der Waals surface area contributed by atoms with Crippen LogP contribution in [0.2, 0.25) is 0 Å². The van der Waals surface area contributed by atoms with Gasteiger partial charge in [0.1, 0.15) is 39.9 Å². The fourth-order valence-electron chi connectivity index (χ4n) is 7.21. The van der Waals surface area contributed by atoms with E-state index in [0.717, 1.165) is 40.0 Å². The van der Waals surface area contributed by atoms with Gasteiger partial charge in [-0.1, -0.05) is 29.6 Å². The third kappa shape index (κ3) is 9.45. The molecule has 0 aliphatic carbocycles. The van der Waals surface area contributed by atoms with Crippen LogP contribution in [-0.4, -0.2) is 203 Å². The van der Waals surface area contributed by atoms with Gasteiger partial charge in [0, 0.05) is 56.4 Å². The number of fused-ring (bicyclic) bond motifs is 2. The minimum Gasteiger partial charge on any atom is -0.477 e. The number of nitrogens with two attached hydrogens (primary N) is 1. The number of rotatable bonds is 15. The van der Waals surface area contributed by atoms with Crippen molar-refractivity contribution < 1.29 is 68.4 Å². The zero-order chi connectivity index (χ0) is 49.9. The number of likely N-dealkylation sites (N-methyl/N-ethyl adjacent to an activating group) is 1. The number of anilines is 1. The van der Waals surface area contributed by atoms with Crippen molar-refractivity contribution in [1.29, 1.82) is 0 Å². The molecule has 3 saturated heterocycles. The van der Waals surface area contributed by atoms with Gasteiger partial charge in [-0.3, -0.25) is 43.5 Å². The lowest BCUT2D eigenvalue weighted by molar-refractivity contribution is -0.193. The van der Waals surface area contributed by atoms with Crippen LogP contribution in [0.3, 0.4) is 0 Å². The van der Waals surface area contributed by atoms with Crippen LogP contribution in [0, 0.1) is 0 Å². The first-order valence-corrected chi connectivity index (χ1v) is 23.7. The Morgan fingerprint density at radius 2 is 1.79 bits per heavy atom. The second-order valence-electron chi connectivity index (χ2n) is 14.7. The van der Waals surface area contributed by atoms with Gasteiger partial charge in [-0.05, 0) is 35.4 Å². The summed E-state index contributed by atoms with van der Waals surface area (Å²) in [7, 11) is 2.78. The number of imide groups is 1. The molecule has 2 aromatic rings. The molecular formula is C36H42N14O14S4. The van der Waals surface area contributed by atoms with Crippen molar-refractivity contribution in [3.05, 3.63) is 46.3 Å². The molecule has 2 aromatic heterocycles. The molecule has 68 heavy (non-hydrogen) atoms. The van der Waals surface area contributed by atoms with E-state index in [1.54, 1.807) is 14.0 Å². The van der Waals surface area contributed by atoms with Crippen LogP contribution in [-0.2, 0) is 50.1 Å². The molecular weight excluding hydrogens is 981 g/mol.